The molecule has 1 heterocycles. The van der Waals surface area contributed by atoms with Gasteiger partial charge in [-0.1, -0.05) is 164 Å². The smallest absolute Gasteiger partial charge is 0.164 e. The van der Waals surface area contributed by atoms with Gasteiger partial charge < -0.3 is 0 Å². The first-order valence-electron chi connectivity index (χ1n) is 16.2. The highest BCUT2D eigenvalue weighted by Gasteiger charge is 2.16. The first-order chi connectivity index (χ1) is 23.8. The lowest BCUT2D eigenvalue weighted by Crippen LogP contribution is -2.00. The Morgan fingerprint density at radius 3 is 1.38 bits per heavy atom. The number of aromatic nitrogens is 3. The minimum absolute atomic E-state index is 0.645. The summed E-state index contributed by atoms with van der Waals surface area (Å²) in [7, 11) is 0. The standard InChI is InChI=1S/C45H29N3/c1-2-12-33(13-3-1)43-46-44(34-24-20-32(21-25-34)37-26-22-30-10-4-6-14-35(30)28-37)48-45(47-43)42-19-9-17-40-39(16-8-18-41(40)42)38-27-23-31-11-5-7-15-36(31)29-38/h1-29H. The molecule has 3 nitrogen and oxygen atoms in total. The topological polar surface area (TPSA) is 38.7 Å². The summed E-state index contributed by atoms with van der Waals surface area (Å²) >= 11 is 0. The van der Waals surface area contributed by atoms with Gasteiger partial charge >= 0.3 is 0 Å². The van der Waals surface area contributed by atoms with E-state index in [9.17, 15) is 0 Å². The van der Waals surface area contributed by atoms with Gasteiger partial charge in [0.15, 0.2) is 17.5 Å². The maximum absolute atomic E-state index is 5.11. The maximum Gasteiger partial charge on any atom is 0.164 e. The molecule has 0 aliphatic rings. The van der Waals surface area contributed by atoms with Crippen LogP contribution in [0.2, 0.25) is 0 Å². The van der Waals surface area contributed by atoms with Gasteiger partial charge in [0.1, 0.15) is 0 Å². The van der Waals surface area contributed by atoms with Crippen molar-refractivity contribution in [2.24, 2.45) is 0 Å². The minimum atomic E-state index is 0.645. The number of hydrogen-bond donors (Lipinski definition) is 0. The zero-order chi connectivity index (χ0) is 31.9. The van der Waals surface area contributed by atoms with Crippen LogP contribution in [0.25, 0.3) is 88.7 Å². The summed E-state index contributed by atoms with van der Waals surface area (Å²) in [6.07, 6.45) is 0. The fraction of sp³-hybridized carbons (Fsp3) is 0. The zero-order valence-electron chi connectivity index (χ0n) is 26.1. The molecule has 48 heavy (non-hydrogen) atoms. The molecule has 0 N–H and O–H groups in total. The molecule has 0 spiro atoms. The maximum atomic E-state index is 5.11. The first-order valence-corrected chi connectivity index (χ1v) is 16.2. The molecular formula is C45H29N3. The summed E-state index contributed by atoms with van der Waals surface area (Å²) in [5.41, 5.74) is 7.57. The number of benzene rings is 8. The summed E-state index contributed by atoms with van der Waals surface area (Å²) in [6, 6.07) is 61.8. The Morgan fingerprint density at radius 1 is 0.250 bits per heavy atom. The monoisotopic (exact) mass is 611 g/mol. The lowest BCUT2D eigenvalue weighted by atomic mass is 9.94. The van der Waals surface area contributed by atoms with Crippen LogP contribution < -0.4 is 0 Å². The average molecular weight is 612 g/mol. The van der Waals surface area contributed by atoms with E-state index in [1.165, 1.54) is 38.2 Å². The van der Waals surface area contributed by atoms with Crippen LogP contribution in [0.5, 0.6) is 0 Å². The molecule has 9 aromatic rings. The van der Waals surface area contributed by atoms with Crippen LogP contribution >= 0.6 is 0 Å². The van der Waals surface area contributed by atoms with E-state index in [1.54, 1.807) is 0 Å². The van der Waals surface area contributed by atoms with Gasteiger partial charge in [-0.3, -0.25) is 0 Å². The zero-order valence-corrected chi connectivity index (χ0v) is 26.1. The Labute approximate surface area is 278 Å². The lowest BCUT2D eigenvalue weighted by molar-refractivity contribution is 1.08. The van der Waals surface area contributed by atoms with Gasteiger partial charge in [0.2, 0.25) is 0 Å². The highest BCUT2D eigenvalue weighted by molar-refractivity contribution is 6.04. The van der Waals surface area contributed by atoms with Gasteiger partial charge in [0.25, 0.3) is 0 Å². The summed E-state index contributed by atoms with van der Waals surface area (Å²) in [4.78, 5) is 15.2. The molecule has 0 aliphatic heterocycles. The van der Waals surface area contributed by atoms with Crippen molar-refractivity contribution < 1.29 is 0 Å². The third-order valence-corrected chi connectivity index (χ3v) is 9.12. The van der Waals surface area contributed by atoms with E-state index in [0.29, 0.717) is 17.5 Å². The predicted molar refractivity (Wildman–Crippen MR) is 200 cm³/mol. The van der Waals surface area contributed by atoms with Crippen molar-refractivity contribution in [2.45, 2.75) is 0 Å². The largest absolute Gasteiger partial charge is 0.208 e. The molecule has 0 saturated carbocycles. The molecule has 224 valence electrons. The quantitative estimate of drug-likeness (QED) is 0.194. The van der Waals surface area contributed by atoms with Crippen LogP contribution in [0.15, 0.2) is 176 Å². The summed E-state index contributed by atoms with van der Waals surface area (Å²) in [6.45, 7) is 0. The van der Waals surface area contributed by atoms with Gasteiger partial charge in [-0.05, 0) is 66.7 Å². The van der Waals surface area contributed by atoms with Gasteiger partial charge in [-0.15, -0.1) is 0 Å². The van der Waals surface area contributed by atoms with Gasteiger partial charge in [-0.2, -0.15) is 0 Å². The Hall–Kier alpha value is -6.45. The van der Waals surface area contributed by atoms with E-state index in [2.05, 4.69) is 146 Å². The second-order valence-electron chi connectivity index (χ2n) is 12.1. The molecule has 3 heteroatoms. The second-order valence-corrected chi connectivity index (χ2v) is 12.1. The Bertz CT molecular complexity index is 2610. The van der Waals surface area contributed by atoms with Gasteiger partial charge in [-0.25, -0.2) is 15.0 Å². The van der Waals surface area contributed by atoms with Crippen molar-refractivity contribution in [1.82, 2.24) is 15.0 Å². The normalized spacial score (nSPS) is 11.3. The van der Waals surface area contributed by atoms with Crippen molar-refractivity contribution in [3.8, 4) is 56.4 Å². The third-order valence-electron chi connectivity index (χ3n) is 9.12. The van der Waals surface area contributed by atoms with Crippen LogP contribution in [-0.4, -0.2) is 15.0 Å². The van der Waals surface area contributed by atoms with Crippen molar-refractivity contribution in [1.29, 1.82) is 0 Å². The van der Waals surface area contributed by atoms with E-state index in [1.807, 2.05) is 30.3 Å². The molecular weight excluding hydrogens is 583 g/mol. The summed E-state index contributed by atoms with van der Waals surface area (Å²) in [5, 5.41) is 7.19. The second kappa shape index (κ2) is 11.7. The SMILES string of the molecule is c1ccc(-c2nc(-c3ccc(-c4ccc5ccccc5c4)cc3)nc(-c3cccc4c(-c5ccc6ccccc6c5)cccc34)n2)cc1. The molecule has 1 aromatic heterocycles. The molecule has 0 fully saturated rings. The number of nitrogens with zero attached hydrogens (tertiary/aromatic N) is 3. The van der Waals surface area contributed by atoms with Crippen LogP contribution in [0.3, 0.4) is 0 Å². The lowest BCUT2D eigenvalue weighted by Gasteiger charge is -2.13. The third kappa shape index (κ3) is 5.08. The van der Waals surface area contributed by atoms with E-state index < -0.39 is 0 Å². The van der Waals surface area contributed by atoms with E-state index >= 15 is 0 Å². The molecule has 0 unspecified atom stereocenters. The number of fused-ring (bicyclic) bond motifs is 3. The molecule has 9 rings (SSSR count). The van der Waals surface area contributed by atoms with Crippen molar-refractivity contribution in [3.63, 3.8) is 0 Å². The highest BCUT2D eigenvalue weighted by atomic mass is 15.0. The average Bonchev–Trinajstić information content (AvgIpc) is 3.17. The molecule has 0 amide bonds. The molecule has 0 atom stereocenters. The summed E-state index contributed by atoms with van der Waals surface area (Å²) < 4.78 is 0. The van der Waals surface area contributed by atoms with Crippen LogP contribution in [0.1, 0.15) is 0 Å². The van der Waals surface area contributed by atoms with Crippen LogP contribution in [0.4, 0.5) is 0 Å². The van der Waals surface area contributed by atoms with Gasteiger partial charge in [0.05, 0.1) is 0 Å². The van der Waals surface area contributed by atoms with Crippen molar-refractivity contribution >= 4 is 32.3 Å². The summed E-state index contributed by atoms with van der Waals surface area (Å²) in [5.74, 6) is 1.95. The molecule has 0 bridgehead atoms. The fourth-order valence-electron chi connectivity index (χ4n) is 6.64. The Balaban J connectivity index is 1.17. The van der Waals surface area contributed by atoms with E-state index in [0.717, 1.165) is 33.0 Å². The Kier molecular flexibility index (Phi) is 6.80. The molecule has 0 aliphatic carbocycles. The van der Waals surface area contributed by atoms with E-state index in [-0.39, 0.29) is 0 Å². The van der Waals surface area contributed by atoms with Crippen LogP contribution in [-0.2, 0) is 0 Å². The number of hydrogen-bond acceptors (Lipinski definition) is 3. The van der Waals surface area contributed by atoms with Gasteiger partial charge in [0, 0.05) is 16.7 Å². The molecule has 8 aromatic carbocycles. The highest BCUT2D eigenvalue weighted by Crippen LogP contribution is 2.36. The fourth-order valence-corrected chi connectivity index (χ4v) is 6.64. The van der Waals surface area contributed by atoms with Crippen LogP contribution in [0, 0.1) is 0 Å². The molecule has 0 radical (unpaired) electrons. The van der Waals surface area contributed by atoms with Crippen molar-refractivity contribution in [2.75, 3.05) is 0 Å². The van der Waals surface area contributed by atoms with Crippen molar-refractivity contribution in [3.05, 3.63) is 176 Å². The predicted octanol–water partition coefficient (Wildman–Crippen LogP) is 11.7. The Morgan fingerprint density at radius 2 is 0.708 bits per heavy atom. The number of rotatable bonds is 5. The van der Waals surface area contributed by atoms with E-state index in [4.69, 9.17) is 15.0 Å². The first kappa shape index (κ1) is 27.8. The molecule has 0 saturated heterocycles. The minimum Gasteiger partial charge on any atom is -0.208 e.